The van der Waals surface area contributed by atoms with Gasteiger partial charge in [-0.2, -0.15) is 0 Å². The summed E-state index contributed by atoms with van der Waals surface area (Å²) >= 11 is 0. The molecule has 0 heterocycles. The molecule has 0 aromatic heterocycles. The molecule has 2 unspecified atom stereocenters. The molecule has 0 nitrogen and oxygen atoms in total. The lowest BCUT2D eigenvalue weighted by atomic mass is 9.29. The van der Waals surface area contributed by atoms with Crippen LogP contribution in [0.15, 0.2) is 0 Å². The van der Waals surface area contributed by atoms with Crippen LogP contribution in [0.3, 0.4) is 0 Å². The minimum atomic E-state index is 0.0234. The average molecular weight is 347 g/mol. The second kappa shape index (κ2) is 5.13. The van der Waals surface area contributed by atoms with Crippen LogP contribution in [-0.2, 0) is 0 Å². The van der Waals surface area contributed by atoms with E-state index in [1.54, 1.807) is 19.3 Å². The summed E-state index contributed by atoms with van der Waals surface area (Å²) in [5.74, 6) is 20.5. The van der Waals surface area contributed by atoms with Crippen molar-refractivity contribution in [3.63, 3.8) is 0 Å². The molecule has 8 bridgehead atoms. The molecule has 8 aliphatic carbocycles. The Morgan fingerprint density at radius 1 is 0.577 bits per heavy atom. The van der Waals surface area contributed by atoms with E-state index in [0.717, 1.165) is 35.5 Å². The molecule has 0 amide bonds. The van der Waals surface area contributed by atoms with Gasteiger partial charge in [0.1, 0.15) is 5.41 Å². The van der Waals surface area contributed by atoms with Crippen molar-refractivity contribution < 1.29 is 0 Å². The fourth-order valence-corrected chi connectivity index (χ4v) is 10.5. The van der Waals surface area contributed by atoms with Crippen molar-refractivity contribution in [1.82, 2.24) is 0 Å². The number of rotatable bonds is 1. The molecule has 8 aliphatic rings. The Hall–Kier alpha value is -0.880. The van der Waals surface area contributed by atoms with Crippen LogP contribution >= 0.6 is 0 Å². The second-order valence-electron chi connectivity index (χ2n) is 11.4. The third kappa shape index (κ3) is 1.76. The largest absolute Gasteiger partial charge is 0.105 e. The van der Waals surface area contributed by atoms with Crippen LogP contribution in [0.4, 0.5) is 0 Å². The van der Waals surface area contributed by atoms with E-state index in [-0.39, 0.29) is 5.41 Å². The number of hydrogen-bond acceptors (Lipinski definition) is 0. The van der Waals surface area contributed by atoms with Gasteiger partial charge in [0.25, 0.3) is 0 Å². The van der Waals surface area contributed by atoms with Crippen molar-refractivity contribution >= 4 is 0 Å². The van der Waals surface area contributed by atoms with Crippen LogP contribution in [0.2, 0.25) is 0 Å². The molecule has 0 aromatic carbocycles. The van der Waals surface area contributed by atoms with Crippen molar-refractivity contribution in [2.24, 2.45) is 51.8 Å². The van der Waals surface area contributed by atoms with Gasteiger partial charge in [0, 0.05) is 5.41 Å². The summed E-state index contributed by atoms with van der Waals surface area (Å²) in [5.41, 5.74) is 1.04. The Morgan fingerprint density at radius 3 is 1.42 bits per heavy atom. The maximum absolute atomic E-state index is 3.88. The van der Waals surface area contributed by atoms with Gasteiger partial charge in [0.05, 0.1) is 0 Å². The molecule has 26 heavy (non-hydrogen) atoms. The van der Waals surface area contributed by atoms with Crippen molar-refractivity contribution in [3.8, 4) is 23.7 Å². The molecule has 0 aliphatic heterocycles. The van der Waals surface area contributed by atoms with E-state index in [1.807, 2.05) is 0 Å². The summed E-state index contributed by atoms with van der Waals surface area (Å²) in [6, 6.07) is 0. The first-order valence-corrected chi connectivity index (χ1v) is 11.5. The molecule has 0 radical (unpaired) electrons. The van der Waals surface area contributed by atoms with Gasteiger partial charge >= 0.3 is 0 Å². The van der Waals surface area contributed by atoms with E-state index in [0.29, 0.717) is 10.8 Å². The van der Waals surface area contributed by atoms with E-state index in [1.165, 1.54) is 51.4 Å². The van der Waals surface area contributed by atoms with Crippen LogP contribution in [0.25, 0.3) is 0 Å². The SMILES string of the molecule is CC#CC1(C#CC)C2CC3CC(C2)CC1(C12CC4CC(CC(C4)C1)C2)C3. The predicted octanol–water partition coefficient (Wildman–Crippen LogP) is 6.06. The van der Waals surface area contributed by atoms with Crippen molar-refractivity contribution in [2.45, 2.75) is 84.5 Å². The fraction of sp³-hybridized carbons (Fsp3) is 0.846. The van der Waals surface area contributed by atoms with E-state index in [2.05, 4.69) is 37.5 Å². The topological polar surface area (TPSA) is 0 Å². The highest BCUT2D eigenvalue weighted by Crippen LogP contribution is 2.79. The first-order chi connectivity index (χ1) is 12.6. The molecule has 0 N–H and O–H groups in total. The van der Waals surface area contributed by atoms with Gasteiger partial charge in [-0.1, -0.05) is 11.8 Å². The lowest BCUT2D eigenvalue weighted by molar-refractivity contribution is -0.238. The summed E-state index contributed by atoms with van der Waals surface area (Å²) in [6.07, 6.45) is 16.6. The van der Waals surface area contributed by atoms with E-state index < -0.39 is 0 Å². The Morgan fingerprint density at radius 2 is 1.00 bits per heavy atom. The highest BCUT2D eigenvalue weighted by Gasteiger charge is 2.73. The molecule has 138 valence electrons. The van der Waals surface area contributed by atoms with Crippen molar-refractivity contribution in [2.75, 3.05) is 0 Å². The summed E-state index contributed by atoms with van der Waals surface area (Å²) in [7, 11) is 0. The van der Waals surface area contributed by atoms with Crippen LogP contribution in [0.5, 0.6) is 0 Å². The van der Waals surface area contributed by atoms with Gasteiger partial charge in [0.2, 0.25) is 0 Å². The van der Waals surface area contributed by atoms with Crippen LogP contribution in [0, 0.1) is 75.4 Å². The Bertz CT molecular complexity index is 677. The summed E-state index contributed by atoms with van der Waals surface area (Å²) in [4.78, 5) is 0. The Labute approximate surface area is 160 Å². The lowest BCUT2D eigenvalue weighted by Gasteiger charge is -2.74. The molecule has 0 aromatic rings. The normalized spacial score (nSPS) is 54.4. The van der Waals surface area contributed by atoms with Gasteiger partial charge in [-0.25, -0.2) is 0 Å². The lowest BCUT2D eigenvalue weighted by Crippen LogP contribution is -2.68. The van der Waals surface area contributed by atoms with Crippen LogP contribution in [0.1, 0.15) is 84.5 Å². The van der Waals surface area contributed by atoms with Crippen molar-refractivity contribution in [1.29, 1.82) is 0 Å². The van der Waals surface area contributed by atoms with Gasteiger partial charge < -0.3 is 0 Å². The third-order valence-corrected chi connectivity index (χ3v) is 10.2. The molecule has 0 heteroatoms. The zero-order valence-electron chi connectivity index (χ0n) is 16.7. The maximum Gasteiger partial charge on any atom is 0.101 e. The molecule has 0 spiro atoms. The predicted molar refractivity (Wildman–Crippen MR) is 106 cm³/mol. The first-order valence-electron chi connectivity index (χ1n) is 11.5. The smallest absolute Gasteiger partial charge is 0.101 e. The van der Waals surface area contributed by atoms with Crippen molar-refractivity contribution in [3.05, 3.63) is 0 Å². The first kappa shape index (κ1) is 16.1. The maximum atomic E-state index is 3.88. The van der Waals surface area contributed by atoms with E-state index in [9.17, 15) is 0 Å². The average Bonchev–Trinajstić information content (AvgIpc) is 2.58. The molecular formula is C26H34. The molecule has 8 saturated carbocycles. The minimum absolute atomic E-state index is 0.0234. The summed E-state index contributed by atoms with van der Waals surface area (Å²) in [6.45, 7) is 4.16. The summed E-state index contributed by atoms with van der Waals surface area (Å²) < 4.78 is 0. The highest BCUT2D eigenvalue weighted by molar-refractivity contribution is 5.39. The molecule has 0 saturated heterocycles. The van der Waals surface area contributed by atoms with Gasteiger partial charge in [-0.15, -0.1) is 11.8 Å². The fourth-order valence-electron chi connectivity index (χ4n) is 10.5. The zero-order chi connectivity index (χ0) is 17.6. The van der Waals surface area contributed by atoms with Crippen LogP contribution < -0.4 is 0 Å². The molecular weight excluding hydrogens is 312 g/mol. The van der Waals surface area contributed by atoms with Gasteiger partial charge in [-0.05, 0) is 125 Å². The van der Waals surface area contributed by atoms with E-state index in [4.69, 9.17) is 0 Å². The number of hydrogen-bond donors (Lipinski definition) is 0. The molecule has 8 rings (SSSR count). The monoisotopic (exact) mass is 346 g/mol. The Kier molecular flexibility index (Phi) is 3.18. The zero-order valence-corrected chi connectivity index (χ0v) is 16.7. The molecule has 8 fully saturated rings. The standard InChI is InChI=1S/C26H34/c1-3-5-25(6-4-2)23-11-21-10-22(12-23)17-26(25,16-21)24-13-18-7-19(14-24)9-20(8-18)15-24/h18-23H,7-17H2,1-2H3. The van der Waals surface area contributed by atoms with Crippen LogP contribution in [-0.4, -0.2) is 0 Å². The van der Waals surface area contributed by atoms with E-state index >= 15 is 0 Å². The van der Waals surface area contributed by atoms with Gasteiger partial charge in [0.15, 0.2) is 0 Å². The molecule has 2 atom stereocenters. The quantitative estimate of drug-likeness (QED) is 0.506. The van der Waals surface area contributed by atoms with Gasteiger partial charge in [-0.3, -0.25) is 0 Å². The minimum Gasteiger partial charge on any atom is -0.105 e. The second-order valence-corrected chi connectivity index (χ2v) is 11.4. The highest BCUT2D eigenvalue weighted by atomic mass is 14.8. The summed E-state index contributed by atoms with van der Waals surface area (Å²) in [5, 5.41) is 0. The Balaban J connectivity index is 1.57. The third-order valence-electron chi connectivity index (χ3n) is 10.2.